The number of hydrogen-bond acceptors (Lipinski definition) is 6. The third kappa shape index (κ3) is 2.62. The number of benzene rings is 1. The van der Waals surface area contributed by atoms with E-state index in [1.165, 1.54) is 4.90 Å². The third-order valence-corrected chi connectivity index (χ3v) is 4.41. The van der Waals surface area contributed by atoms with Crippen LogP contribution in [0.4, 0.5) is 0 Å². The summed E-state index contributed by atoms with van der Waals surface area (Å²) in [5.74, 6) is -1.73. The van der Waals surface area contributed by atoms with E-state index in [4.69, 9.17) is 12.2 Å². The molecule has 1 amide bonds. The van der Waals surface area contributed by atoms with E-state index in [0.717, 1.165) is 17.3 Å². The van der Waals surface area contributed by atoms with Crippen molar-refractivity contribution in [3.8, 4) is 0 Å². The molecule has 0 unspecified atom stereocenters. The van der Waals surface area contributed by atoms with Crippen molar-refractivity contribution in [3.63, 3.8) is 0 Å². The molecule has 5 nitrogen and oxygen atoms in total. The number of cyclic esters (lactones) is 2. The van der Waals surface area contributed by atoms with Crippen molar-refractivity contribution in [1.82, 2.24) is 4.90 Å². The molecule has 1 atom stereocenters. The van der Waals surface area contributed by atoms with E-state index in [1.807, 2.05) is 30.3 Å². The number of nitrogens with zero attached hydrogens (tertiary/aromatic N) is 1. The molecule has 0 radical (unpaired) electrons. The topological polar surface area (TPSA) is 63.7 Å². The van der Waals surface area contributed by atoms with Gasteiger partial charge >= 0.3 is 11.9 Å². The summed E-state index contributed by atoms with van der Waals surface area (Å²) < 4.78 is 4.74. The summed E-state index contributed by atoms with van der Waals surface area (Å²) >= 11 is 6.26. The van der Waals surface area contributed by atoms with Gasteiger partial charge in [0.05, 0.1) is 11.3 Å². The Morgan fingerprint density at radius 2 is 1.95 bits per heavy atom. The van der Waals surface area contributed by atoms with Crippen molar-refractivity contribution in [1.29, 1.82) is 0 Å². The molecule has 7 heteroatoms. The minimum Gasteiger partial charge on any atom is -0.392 e. The molecule has 21 heavy (non-hydrogen) atoms. The Morgan fingerprint density at radius 1 is 1.24 bits per heavy atom. The molecular formula is C14H9NO4S2. The first-order valence-corrected chi connectivity index (χ1v) is 7.35. The van der Waals surface area contributed by atoms with Gasteiger partial charge in [0.2, 0.25) is 0 Å². The van der Waals surface area contributed by atoms with Gasteiger partial charge in [-0.25, -0.2) is 4.79 Å². The van der Waals surface area contributed by atoms with Crippen LogP contribution in [-0.2, 0) is 19.1 Å². The first-order chi connectivity index (χ1) is 10.1. The minimum atomic E-state index is -0.938. The predicted octanol–water partition coefficient (Wildman–Crippen LogP) is 1.73. The highest BCUT2D eigenvalue weighted by atomic mass is 32.2. The Bertz CT molecular complexity index is 683. The van der Waals surface area contributed by atoms with Gasteiger partial charge in [-0.05, 0) is 11.6 Å². The Labute approximate surface area is 129 Å². The fraction of sp³-hybridized carbons (Fsp3) is 0.143. The molecule has 0 bridgehead atoms. The smallest absolute Gasteiger partial charge is 0.337 e. The maximum atomic E-state index is 12.4. The largest absolute Gasteiger partial charge is 0.392 e. The van der Waals surface area contributed by atoms with Gasteiger partial charge in [0, 0.05) is 0 Å². The number of esters is 2. The van der Waals surface area contributed by atoms with Crippen molar-refractivity contribution < 1.29 is 19.1 Å². The lowest BCUT2D eigenvalue weighted by Gasteiger charge is -2.17. The highest BCUT2D eigenvalue weighted by molar-refractivity contribution is 8.26. The number of carbonyl (C=O) groups is 3. The molecule has 106 valence electrons. The van der Waals surface area contributed by atoms with Gasteiger partial charge in [-0.1, -0.05) is 54.3 Å². The van der Waals surface area contributed by atoms with Crippen molar-refractivity contribution in [2.24, 2.45) is 0 Å². The van der Waals surface area contributed by atoms with Crippen LogP contribution in [-0.4, -0.2) is 33.1 Å². The van der Waals surface area contributed by atoms with Crippen molar-refractivity contribution in [2.75, 3.05) is 0 Å². The Morgan fingerprint density at radius 3 is 2.57 bits per heavy atom. The normalized spacial score (nSPS) is 24.1. The summed E-state index contributed by atoms with van der Waals surface area (Å²) in [4.78, 5) is 36.8. The summed E-state index contributed by atoms with van der Waals surface area (Å²) in [5, 5.41) is 0. The molecule has 2 aliphatic heterocycles. The Balaban J connectivity index is 1.88. The summed E-state index contributed by atoms with van der Waals surface area (Å²) in [6, 6.07) is 8.38. The first-order valence-electron chi connectivity index (χ1n) is 6.13. The Hall–Kier alpha value is -1.99. The zero-order valence-corrected chi connectivity index (χ0v) is 12.3. The van der Waals surface area contributed by atoms with Crippen molar-refractivity contribution in [3.05, 3.63) is 40.8 Å². The average Bonchev–Trinajstić information content (AvgIpc) is 2.91. The maximum absolute atomic E-state index is 12.4. The standard InChI is InChI=1S/C14H9NO4S2/c16-11-7-9(13(18)19-11)15-12(17)10(21-14(15)20)6-8-4-2-1-3-5-8/h1-6,9H,7H2/b10-6-/t9-/m1/s1. The van der Waals surface area contributed by atoms with Crippen LogP contribution in [0.5, 0.6) is 0 Å². The van der Waals surface area contributed by atoms with Crippen LogP contribution >= 0.6 is 24.0 Å². The number of thiocarbonyl (C=S) groups is 1. The Kier molecular flexibility index (Phi) is 3.60. The lowest BCUT2D eigenvalue weighted by atomic mass is 10.2. The van der Waals surface area contributed by atoms with Crippen molar-refractivity contribution in [2.45, 2.75) is 12.5 Å². The second-order valence-electron chi connectivity index (χ2n) is 4.48. The molecule has 0 aromatic heterocycles. The molecule has 2 fully saturated rings. The second kappa shape index (κ2) is 5.42. The van der Waals surface area contributed by atoms with Gasteiger partial charge in [-0.3, -0.25) is 14.5 Å². The molecule has 1 aromatic carbocycles. The van der Waals surface area contributed by atoms with E-state index in [9.17, 15) is 14.4 Å². The molecule has 3 rings (SSSR count). The number of ether oxygens (including phenoxy) is 1. The highest BCUT2D eigenvalue weighted by Gasteiger charge is 2.46. The van der Waals surface area contributed by atoms with Crippen molar-refractivity contribution >= 4 is 52.2 Å². The summed E-state index contributed by atoms with van der Waals surface area (Å²) in [6.07, 6.45) is 1.56. The molecular weight excluding hydrogens is 310 g/mol. The summed E-state index contributed by atoms with van der Waals surface area (Å²) in [5.41, 5.74) is 0.864. The SMILES string of the molecule is O=C1C[C@@H](N2C(=O)/C(=C/c3ccccc3)SC2=S)C(=O)O1. The van der Waals surface area contributed by atoms with Gasteiger partial charge in [-0.2, -0.15) is 0 Å². The second-order valence-corrected chi connectivity index (χ2v) is 6.15. The molecule has 0 saturated carbocycles. The summed E-state index contributed by atoms with van der Waals surface area (Å²) in [7, 11) is 0. The van der Waals surface area contributed by atoms with Crippen LogP contribution in [0.15, 0.2) is 35.2 Å². The van der Waals surface area contributed by atoms with Crippen LogP contribution in [0.1, 0.15) is 12.0 Å². The fourth-order valence-corrected chi connectivity index (χ4v) is 3.47. The third-order valence-electron chi connectivity index (χ3n) is 3.08. The lowest BCUT2D eigenvalue weighted by molar-refractivity contribution is -0.153. The molecule has 2 aliphatic rings. The maximum Gasteiger partial charge on any atom is 0.337 e. The number of carbonyl (C=O) groups excluding carboxylic acids is 3. The number of amides is 1. The van der Waals surface area contributed by atoms with E-state index in [1.54, 1.807) is 6.08 Å². The number of thioether (sulfide) groups is 1. The number of rotatable bonds is 2. The van der Waals surface area contributed by atoms with Gasteiger partial charge in [0.25, 0.3) is 5.91 Å². The van der Waals surface area contributed by atoms with Gasteiger partial charge < -0.3 is 4.74 Å². The lowest BCUT2D eigenvalue weighted by Crippen LogP contribution is -2.41. The molecule has 0 aliphatic carbocycles. The average molecular weight is 319 g/mol. The van der Waals surface area contributed by atoms with Crippen LogP contribution in [0.3, 0.4) is 0 Å². The zero-order valence-electron chi connectivity index (χ0n) is 10.6. The molecule has 2 heterocycles. The molecule has 1 aromatic rings. The quantitative estimate of drug-likeness (QED) is 0.358. The van der Waals surface area contributed by atoms with Gasteiger partial charge in [0.15, 0.2) is 0 Å². The monoisotopic (exact) mass is 319 g/mol. The first kappa shape index (κ1) is 14.0. The van der Waals surface area contributed by atoms with E-state index in [0.29, 0.717) is 4.91 Å². The fourth-order valence-electron chi connectivity index (χ4n) is 2.11. The molecule has 0 spiro atoms. The van der Waals surface area contributed by atoms with Gasteiger partial charge in [0.1, 0.15) is 10.4 Å². The van der Waals surface area contributed by atoms with E-state index in [-0.39, 0.29) is 16.6 Å². The van der Waals surface area contributed by atoms with E-state index >= 15 is 0 Å². The van der Waals surface area contributed by atoms with Crippen LogP contribution in [0.2, 0.25) is 0 Å². The summed E-state index contributed by atoms with van der Waals surface area (Å²) in [6.45, 7) is 0. The van der Waals surface area contributed by atoms with Crippen LogP contribution < -0.4 is 0 Å². The molecule has 0 N–H and O–H groups in total. The zero-order chi connectivity index (χ0) is 15.0. The molecule has 2 saturated heterocycles. The van der Waals surface area contributed by atoms with Crippen LogP contribution in [0, 0.1) is 0 Å². The van der Waals surface area contributed by atoms with Gasteiger partial charge in [-0.15, -0.1) is 0 Å². The van der Waals surface area contributed by atoms with Crippen LogP contribution in [0.25, 0.3) is 6.08 Å². The predicted molar refractivity (Wildman–Crippen MR) is 81.0 cm³/mol. The highest BCUT2D eigenvalue weighted by Crippen LogP contribution is 2.35. The number of hydrogen-bond donors (Lipinski definition) is 0. The van der Waals surface area contributed by atoms with E-state index in [2.05, 4.69) is 4.74 Å². The van der Waals surface area contributed by atoms with E-state index < -0.39 is 18.0 Å². The minimum absolute atomic E-state index is 0.149.